The van der Waals surface area contributed by atoms with E-state index in [1.54, 1.807) is 14.2 Å². The van der Waals surface area contributed by atoms with Crippen LogP contribution in [-0.2, 0) is 6.42 Å². The fourth-order valence-corrected chi connectivity index (χ4v) is 4.39. The predicted molar refractivity (Wildman–Crippen MR) is 129 cm³/mol. The number of benzene rings is 3. The fourth-order valence-electron chi connectivity index (χ4n) is 4.39. The molecule has 3 aromatic carbocycles. The van der Waals surface area contributed by atoms with Crippen LogP contribution < -0.4 is 15.4 Å². The van der Waals surface area contributed by atoms with Gasteiger partial charge in [-0.15, -0.1) is 0 Å². The Bertz CT molecular complexity index is 1380. The second kappa shape index (κ2) is 8.26. The number of nitrogens with zero attached hydrogens (tertiary/aromatic N) is 2. The minimum Gasteiger partial charge on any atom is -0.497 e. The molecule has 1 amide bonds. The first-order valence-electron chi connectivity index (χ1n) is 11.0. The van der Waals surface area contributed by atoms with Gasteiger partial charge in [0.05, 0.1) is 18.1 Å². The van der Waals surface area contributed by atoms with Gasteiger partial charge in [-0.2, -0.15) is 0 Å². The summed E-state index contributed by atoms with van der Waals surface area (Å²) in [5.41, 5.74) is 7.30. The van der Waals surface area contributed by atoms with Crippen molar-refractivity contribution in [3.05, 3.63) is 71.3 Å². The molecule has 0 aliphatic carbocycles. The Kier molecular flexibility index (Phi) is 5.26. The van der Waals surface area contributed by atoms with Crippen LogP contribution in [0.3, 0.4) is 0 Å². The summed E-state index contributed by atoms with van der Waals surface area (Å²) in [5, 5.41) is 15.8. The molecule has 0 saturated carbocycles. The second-order valence-electron chi connectivity index (χ2n) is 8.27. The van der Waals surface area contributed by atoms with Gasteiger partial charge in [-0.25, -0.2) is 4.98 Å². The topological polar surface area (TPSA) is 88.4 Å². The maximum Gasteiger partial charge on any atom is 0.251 e. The van der Waals surface area contributed by atoms with Crippen LogP contribution >= 0.6 is 0 Å². The number of fused-ring (bicyclic) bond motifs is 2. The third-order valence-electron chi connectivity index (χ3n) is 6.19. The van der Waals surface area contributed by atoms with Crippen molar-refractivity contribution in [1.82, 2.24) is 14.9 Å². The Balaban J connectivity index is 1.76. The molecule has 1 unspecified atom stereocenters. The standard InChI is InChI=1S/C26H26N4O3/c1-15-4-8-19(33-3)14-20(15)25-29-22-13-17(26(32)27-2)5-10-23(22)30(25)18-7-9-21-16(12-18)6-11-24(31)28-21/h4-5,7-10,12-14,24,28,31H,6,11H2,1-3H3,(H,27,32). The zero-order chi connectivity index (χ0) is 23.1. The number of aryl methyl sites for hydroxylation is 2. The van der Waals surface area contributed by atoms with Gasteiger partial charge in [0.1, 0.15) is 17.8 Å². The first-order chi connectivity index (χ1) is 16.0. The van der Waals surface area contributed by atoms with Crippen LogP contribution in [0.4, 0.5) is 5.69 Å². The van der Waals surface area contributed by atoms with Crippen molar-refractivity contribution in [2.45, 2.75) is 26.0 Å². The fraction of sp³-hybridized carbons (Fsp3) is 0.231. The number of imidazole rings is 1. The van der Waals surface area contributed by atoms with E-state index >= 15 is 0 Å². The van der Waals surface area contributed by atoms with Crippen LogP contribution in [-0.4, -0.2) is 41.0 Å². The number of anilines is 1. The molecule has 0 saturated heterocycles. The average molecular weight is 443 g/mol. The number of aliphatic hydroxyl groups excluding tert-OH is 1. The Hall–Kier alpha value is -3.84. The monoisotopic (exact) mass is 442 g/mol. The highest BCUT2D eigenvalue weighted by molar-refractivity contribution is 5.98. The molecule has 2 heterocycles. The molecule has 7 heteroatoms. The maximum absolute atomic E-state index is 12.2. The van der Waals surface area contributed by atoms with E-state index in [0.717, 1.165) is 57.1 Å². The van der Waals surface area contributed by atoms with Crippen LogP contribution in [0.2, 0.25) is 0 Å². The average Bonchev–Trinajstić information content (AvgIpc) is 3.22. The Morgan fingerprint density at radius 3 is 2.82 bits per heavy atom. The van der Waals surface area contributed by atoms with Crippen molar-refractivity contribution in [2.75, 3.05) is 19.5 Å². The molecule has 1 aliphatic rings. The summed E-state index contributed by atoms with van der Waals surface area (Å²) < 4.78 is 7.60. The summed E-state index contributed by atoms with van der Waals surface area (Å²) in [7, 11) is 3.27. The summed E-state index contributed by atoms with van der Waals surface area (Å²) in [6.07, 6.45) is 0.937. The van der Waals surface area contributed by atoms with Crippen molar-refractivity contribution in [2.24, 2.45) is 0 Å². The number of carbonyl (C=O) groups is 1. The van der Waals surface area contributed by atoms with Crippen molar-refractivity contribution in [3.63, 3.8) is 0 Å². The van der Waals surface area contributed by atoms with Gasteiger partial charge in [-0.3, -0.25) is 9.36 Å². The molecular weight excluding hydrogens is 416 g/mol. The van der Waals surface area contributed by atoms with Crippen LogP contribution in [0, 0.1) is 6.92 Å². The lowest BCUT2D eigenvalue weighted by Crippen LogP contribution is -2.24. The first kappa shape index (κ1) is 21.0. The SMILES string of the molecule is CNC(=O)c1ccc2c(c1)nc(-c1cc(OC)ccc1C)n2-c1ccc2c(c1)CCC(O)N2. The molecule has 0 spiro atoms. The Labute approximate surface area is 192 Å². The Morgan fingerprint density at radius 2 is 2.03 bits per heavy atom. The third kappa shape index (κ3) is 3.70. The molecule has 3 N–H and O–H groups in total. The first-order valence-corrected chi connectivity index (χ1v) is 11.0. The molecule has 4 aromatic rings. The van der Waals surface area contributed by atoms with E-state index in [0.29, 0.717) is 12.0 Å². The zero-order valence-electron chi connectivity index (χ0n) is 18.8. The summed E-state index contributed by atoms with van der Waals surface area (Å²) in [6, 6.07) is 17.7. The number of hydrogen-bond donors (Lipinski definition) is 3. The summed E-state index contributed by atoms with van der Waals surface area (Å²) in [6.45, 7) is 2.05. The van der Waals surface area contributed by atoms with Crippen LogP contribution in [0.5, 0.6) is 5.75 Å². The van der Waals surface area contributed by atoms with Gasteiger partial charge in [0.15, 0.2) is 0 Å². The predicted octanol–water partition coefficient (Wildman–Crippen LogP) is 4.05. The van der Waals surface area contributed by atoms with Crippen molar-refractivity contribution in [1.29, 1.82) is 0 Å². The molecule has 0 radical (unpaired) electrons. The number of ether oxygens (including phenoxy) is 1. The number of carbonyl (C=O) groups excluding carboxylic acids is 1. The smallest absolute Gasteiger partial charge is 0.251 e. The third-order valence-corrected chi connectivity index (χ3v) is 6.19. The molecule has 0 bridgehead atoms. The molecule has 33 heavy (non-hydrogen) atoms. The van der Waals surface area contributed by atoms with Crippen LogP contribution in [0.15, 0.2) is 54.6 Å². The molecule has 7 nitrogen and oxygen atoms in total. The minimum absolute atomic E-state index is 0.149. The van der Waals surface area contributed by atoms with Gasteiger partial charge in [0, 0.05) is 29.5 Å². The molecule has 168 valence electrons. The highest BCUT2D eigenvalue weighted by Crippen LogP contribution is 2.35. The lowest BCUT2D eigenvalue weighted by Gasteiger charge is -2.24. The highest BCUT2D eigenvalue weighted by Gasteiger charge is 2.21. The number of aliphatic hydroxyl groups is 1. The Morgan fingerprint density at radius 1 is 1.18 bits per heavy atom. The number of aromatic nitrogens is 2. The number of hydrogen-bond acceptors (Lipinski definition) is 5. The van der Waals surface area contributed by atoms with Gasteiger partial charge in [-0.1, -0.05) is 6.07 Å². The van der Waals surface area contributed by atoms with E-state index in [-0.39, 0.29) is 5.91 Å². The number of nitrogens with one attached hydrogen (secondary N) is 2. The van der Waals surface area contributed by atoms with E-state index in [4.69, 9.17) is 9.72 Å². The van der Waals surface area contributed by atoms with E-state index < -0.39 is 6.23 Å². The summed E-state index contributed by atoms with van der Waals surface area (Å²) >= 11 is 0. The van der Waals surface area contributed by atoms with Gasteiger partial charge in [-0.05, 0) is 79.4 Å². The summed E-state index contributed by atoms with van der Waals surface area (Å²) in [4.78, 5) is 17.2. The molecular formula is C26H26N4O3. The largest absolute Gasteiger partial charge is 0.497 e. The van der Waals surface area contributed by atoms with Gasteiger partial charge in [0.2, 0.25) is 0 Å². The summed E-state index contributed by atoms with van der Waals surface area (Å²) in [5.74, 6) is 1.38. The zero-order valence-corrected chi connectivity index (χ0v) is 18.8. The second-order valence-corrected chi connectivity index (χ2v) is 8.27. The van der Waals surface area contributed by atoms with Gasteiger partial charge >= 0.3 is 0 Å². The number of amides is 1. The number of rotatable bonds is 4. The lowest BCUT2D eigenvalue weighted by atomic mass is 10.0. The van der Waals surface area contributed by atoms with Gasteiger partial charge < -0.3 is 20.5 Å². The quantitative estimate of drug-likeness (QED) is 0.444. The van der Waals surface area contributed by atoms with Crippen LogP contribution in [0.25, 0.3) is 28.1 Å². The van der Waals surface area contributed by atoms with E-state index in [2.05, 4.69) is 21.3 Å². The lowest BCUT2D eigenvalue weighted by molar-refractivity contribution is 0.0963. The van der Waals surface area contributed by atoms with E-state index in [1.807, 2.05) is 55.5 Å². The molecule has 0 fully saturated rings. The van der Waals surface area contributed by atoms with Crippen molar-refractivity contribution in [3.8, 4) is 22.8 Å². The normalized spacial score (nSPS) is 15.1. The molecule has 1 atom stereocenters. The molecule has 1 aromatic heterocycles. The van der Waals surface area contributed by atoms with Crippen molar-refractivity contribution >= 4 is 22.6 Å². The van der Waals surface area contributed by atoms with Crippen molar-refractivity contribution < 1.29 is 14.6 Å². The highest BCUT2D eigenvalue weighted by atomic mass is 16.5. The maximum atomic E-state index is 12.2. The van der Waals surface area contributed by atoms with E-state index in [9.17, 15) is 9.90 Å². The molecule has 5 rings (SSSR count). The minimum atomic E-state index is -0.518. The van der Waals surface area contributed by atoms with Gasteiger partial charge in [0.25, 0.3) is 5.91 Å². The number of methoxy groups -OCH3 is 1. The molecule has 1 aliphatic heterocycles. The van der Waals surface area contributed by atoms with Crippen LogP contribution in [0.1, 0.15) is 27.9 Å². The van der Waals surface area contributed by atoms with E-state index in [1.165, 1.54) is 0 Å².